The molecule has 3 N–H and O–H groups in total. The lowest BCUT2D eigenvalue weighted by Gasteiger charge is -2.19. The molecule has 2 aromatic rings. The Balaban J connectivity index is 2.22. The Kier molecular flexibility index (Phi) is 7.96. The fourth-order valence-corrected chi connectivity index (χ4v) is 3.60. The average Bonchev–Trinajstić information content (AvgIpc) is 2.58. The fraction of sp³-hybridized carbons (Fsp3) is 0.529. The van der Waals surface area contributed by atoms with Gasteiger partial charge in [-0.25, -0.2) is 13.4 Å². The Morgan fingerprint density at radius 3 is 2.54 bits per heavy atom. The first kappa shape index (κ1) is 22.3. The van der Waals surface area contributed by atoms with E-state index in [0.717, 1.165) is 24.1 Å². The van der Waals surface area contributed by atoms with Gasteiger partial charge in [-0.3, -0.25) is 14.7 Å². The molecular formula is C17H26N6O3S2. The van der Waals surface area contributed by atoms with Gasteiger partial charge in [0.25, 0.3) is 0 Å². The number of sulfonamides is 1. The third-order valence-electron chi connectivity index (χ3n) is 3.51. The van der Waals surface area contributed by atoms with Crippen molar-refractivity contribution in [2.24, 2.45) is 5.92 Å². The van der Waals surface area contributed by atoms with Gasteiger partial charge >= 0.3 is 0 Å². The van der Waals surface area contributed by atoms with E-state index in [1.54, 1.807) is 18.5 Å². The number of thioether (sulfide) groups is 1. The van der Waals surface area contributed by atoms with Crippen LogP contribution in [0.4, 0.5) is 11.8 Å². The number of aliphatic hydroxyl groups is 1. The lowest BCUT2D eigenvalue weighted by atomic mass is 10.0. The number of aryl methyl sites for hydroxylation is 1. The molecule has 2 rings (SSSR count). The Morgan fingerprint density at radius 1 is 1.21 bits per heavy atom. The number of hydrogen-bond acceptors (Lipinski definition) is 9. The summed E-state index contributed by atoms with van der Waals surface area (Å²) in [6, 6.07) is 1.53. The van der Waals surface area contributed by atoms with Gasteiger partial charge in [-0.2, -0.15) is 4.98 Å². The molecule has 0 amide bonds. The van der Waals surface area contributed by atoms with Crippen molar-refractivity contribution in [2.75, 3.05) is 22.9 Å². The maximum atomic E-state index is 11.6. The predicted octanol–water partition coefficient (Wildman–Crippen LogP) is 2.06. The summed E-state index contributed by atoms with van der Waals surface area (Å²) in [5.41, 5.74) is 1.62. The topological polar surface area (TPSA) is 130 Å². The first-order chi connectivity index (χ1) is 13.1. The summed E-state index contributed by atoms with van der Waals surface area (Å²) >= 11 is 1.39. The molecule has 9 nitrogen and oxygen atoms in total. The van der Waals surface area contributed by atoms with Gasteiger partial charge in [0.2, 0.25) is 16.0 Å². The third-order valence-corrected chi connectivity index (χ3v) is 5.01. The molecule has 0 radical (unpaired) electrons. The minimum Gasteiger partial charge on any atom is -0.394 e. The van der Waals surface area contributed by atoms with E-state index >= 15 is 0 Å². The van der Waals surface area contributed by atoms with Crippen LogP contribution < -0.4 is 10.0 Å². The van der Waals surface area contributed by atoms with Crippen LogP contribution in [0, 0.1) is 12.8 Å². The Morgan fingerprint density at radius 2 is 1.96 bits per heavy atom. The highest BCUT2D eigenvalue weighted by atomic mass is 32.2. The number of aromatic nitrogens is 4. The SMILES string of the molecule is Cc1cnc(CSc2cc(N[C@@H](CO)CC(C)C)nc(NS(C)(=O)=O)n2)cn1. The van der Waals surface area contributed by atoms with Gasteiger partial charge in [-0.1, -0.05) is 25.6 Å². The highest BCUT2D eigenvalue weighted by Gasteiger charge is 2.14. The monoisotopic (exact) mass is 426 g/mol. The van der Waals surface area contributed by atoms with Crippen LogP contribution in [0.15, 0.2) is 23.5 Å². The number of nitrogens with zero attached hydrogens (tertiary/aromatic N) is 4. The fourth-order valence-electron chi connectivity index (χ4n) is 2.38. The van der Waals surface area contributed by atoms with E-state index in [-0.39, 0.29) is 18.6 Å². The van der Waals surface area contributed by atoms with Gasteiger partial charge in [0.15, 0.2) is 0 Å². The summed E-state index contributed by atoms with van der Waals surface area (Å²) in [7, 11) is -3.52. The second-order valence-electron chi connectivity index (χ2n) is 6.88. The third kappa shape index (κ3) is 7.95. The molecule has 0 saturated heterocycles. The van der Waals surface area contributed by atoms with Crippen LogP contribution >= 0.6 is 11.8 Å². The first-order valence-corrected chi connectivity index (χ1v) is 11.7. The summed E-state index contributed by atoms with van der Waals surface area (Å²) in [5.74, 6) is 1.33. The van der Waals surface area contributed by atoms with E-state index < -0.39 is 10.0 Å². The molecule has 0 aromatic carbocycles. The van der Waals surface area contributed by atoms with Crippen molar-refractivity contribution in [3.05, 3.63) is 29.8 Å². The van der Waals surface area contributed by atoms with Crippen LogP contribution in [0.3, 0.4) is 0 Å². The van der Waals surface area contributed by atoms with E-state index in [1.807, 2.05) is 6.92 Å². The predicted molar refractivity (Wildman–Crippen MR) is 111 cm³/mol. The highest BCUT2D eigenvalue weighted by molar-refractivity contribution is 7.98. The lowest BCUT2D eigenvalue weighted by Crippen LogP contribution is -2.26. The van der Waals surface area contributed by atoms with Gasteiger partial charge < -0.3 is 10.4 Å². The van der Waals surface area contributed by atoms with Gasteiger partial charge in [-0.15, -0.1) is 0 Å². The quantitative estimate of drug-likeness (QED) is 0.386. The minimum atomic E-state index is -3.52. The number of rotatable bonds is 10. The summed E-state index contributed by atoms with van der Waals surface area (Å²) in [5, 5.41) is 13.3. The molecule has 11 heteroatoms. The largest absolute Gasteiger partial charge is 0.394 e. The number of aliphatic hydroxyl groups excluding tert-OH is 1. The summed E-state index contributed by atoms with van der Waals surface area (Å²) < 4.78 is 25.5. The average molecular weight is 427 g/mol. The molecule has 0 unspecified atom stereocenters. The Hall–Kier alpha value is -1.98. The van der Waals surface area contributed by atoms with Crippen LogP contribution in [-0.4, -0.2) is 52.4 Å². The van der Waals surface area contributed by atoms with Crippen molar-refractivity contribution < 1.29 is 13.5 Å². The Bertz CT molecular complexity index is 875. The normalized spacial score (nSPS) is 12.8. The van der Waals surface area contributed by atoms with Gasteiger partial charge in [0.1, 0.15) is 10.8 Å². The van der Waals surface area contributed by atoms with Crippen LogP contribution in [0.2, 0.25) is 0 Å². The summed E-state index contributed by atoms with van der Waals surface area (Å²) in [6.07, 6.45) is 5.18. The van der Waals surface area contributed by atoms with Gasteiger partial charge in [0, 0.05) is 24.2 Å². The molecule has 0 aliphatic heterocycles. The van der Waals surface area contributed by atoms with Crippen molar-refractivity contribution in [1.29, 1.82) is 0 Å². The molecule has 0 aliphatic rings. The molecular weight excluding hydrogens is 400 g/mol. The molecule has 0 saturated carbocycles. The second-order valence-corrected chi connectivity index (χ2v) is 9.62. The summed E-state index contributed by atoms with van der Waals surface area (Å²) in [6.45, 7) is 5.93. The van der Waals surface area contributed by atoms with Crippen molar-refractivity contribution in [1.82, 2.24) is 19.9 Å². The number of hydrogen-bond donors (Lipinski definition) is 3. The van der Waals surface area contributed by atoms with E-state index in [9.17, 15) is 13.5 Å². The molecule has 0 aliphatic carbocycles. The number of nitrogens with one attached hydrogen (secondary N) is 2. The van der Waals surface area contributed by atoms with Crippen LogP contribution in [-0.2, 0) is 15.8 Å². The molecule has 1 atom stereocenters. The first-order valence-electron chi connectivity index (χ1n) is 8.79. The second kappa shape index (κ2) is 9.99. The van der Waals surface area contributed by atoms with Gasteiger partial charge in [0.05, 0.1) is 30.3 Å². The van der Waals surface area contributed by atoms with Gasteiger partial charge in [-0.05, 0) is 19.3 Å². The molecule has 0 fully saturated rings. The van der Waals surface area contributed by atoms with Crippen molar-refractivity contribution in [2.45, 2.75) is 44.0 Å². The zero-order valence-electron chi connectivity index (χ0n) is 16.4. The van der Waals surface area contributed by atoms with E-state index in [4.69, 9.17) is 0 Å². The number of anilines is 2. The van der Waals surface area contributed by atoms with Crippen molar-refractivity contribution >= 4 is 33.6 Å². The van der Waals surface area contributed by atoms with Crippen LogP contribution in [0.1, 0.15) is 31.7 Å². The molecule has 2 aromatic heterocycles. The maximum Gasteiger partial charge on any atom is 0.239 e. The molecule has 0 spiro atoms. The van der Waals surface area contributed by atoms with Crippen LogP contribution in [0.25, 0.3) is 0 Å². The lowest BCUT2D eigenvalue weighted by molar-refractivity contribution is 0.259. The van der Waals surface area contributed by atoms with E-state index in [0.29, 0.717) is 22.5 Å². The zero-order chi connectivity index (χ0) is 20.7. The smallest absolute Gasteiger partial charge is 0.239 e. The van der Waals surface area contributed by atoms with Crippen LogP contribution in [0.5, 0.6) is 0 Å². The molecule has 154 valence electrons. The molecule has 28 heavy (non-hydrogen) atoms. The minimum absolute atomic E-state index is 0.0220. The van der Waals surface area contributed by atoms with E-state index in [1.165, 1.54) is 11.8 Å². The molecule has 0 bridgehead atoms. The Labute approximate surface area is 169 Å². The maximum absolute atomic E-state index is 11.6. The van der Waals surface area contributed by atoms with E-state index in [2.05, 4.69) is 43.8 Å². The van der Waals surface area contributed by atoms with Crippen molar-refractivity contribution in [3.63, 3.8) is 0 Å². The zero-order valence-corrected chi connectivity index (χ0v) is 18.0. The molecule has 2 heterocycles. The summed E-state index contributed by atoms with van der Waals surface area (Å²) in [4.78, 5) is 17.0. The standard InChI is InChI=1S/C17H26N6O3S2/c1-11(2)5-13(9-24)20-15-6-16(22-17(21-15)23-28(4,25)26)27-10-14-8-18-12(3)7-19-14/h6-8,11,13,24H,5,9-10H2,1-4H3,(H2,20,21,22,23)/t13-/m1/s1. The highest BCUT2D eigenvalue weighted by Crippen LogP contribution is 2.24. The van der Waals surface area contributed by atoms with Crippen molar-refractivity contribution in [3.8, 4) is 0 Å².